The third kappa shape index (κ3) is 1.68. The molecule has 4 heteroatoms. The number of nitrogens with zero attached hydrogens (tertiary/aromatic N) is 1. The topological polar surface area (TPSA) is 28.8 Å². The Balaban J connectivity index is 0.000000490. The molecular weight excluding hydrogens is 144 g/mol. The Morgan fingerprint density at radius 2 is 2.38 bits per heavy atom. The van der Waals surface area contributed by atoms with E-state index in [1.165, 1.54) is 11.5 Å². The maximum atomic E-state index is 7.01. The number of hydrogen-bond donors (Lipinski definition) is 1. The van der Waals surface area contributed by atoms with Crippen molar-refractivity contribution in [3.63, 3.8) is 0 Å². The summed E-state index contributed by atoms with van der Waals surface area (Å²) in [6.45, 7) is 0. The van der Waals surface area contributed by atoms with Crippen molar-refractivity contribution in [2.45, 2.75) is 0 Å². The summed E-state index contributed by atoms with van der Waals surface area (Å²) in [7, 11) is 1.92. The van der Waals surface area contributed by atoms with Crippen LogP contribution in [0.2, 0.25) is 0 Å². The fourth-order valence-electron chi connectivity index (χ4n) is 0.389. The quantitative estimate of drug-likeness (QED) is 0.572. The highest BCUT2D eigenvalue weighted by molar-refractivity contribution is 7.03. The van der Waals surface area contributed by atoms with Gasteiger partial charge in [0.1, 0.15) is 4.67 Å². The maximum absolute atomic E-state index is 7.01. The van der Waals surface area contributed by atoms with Crippen LogP contribution in [0.25, 0.3) is 0 Å². The minimum absolute atomic E-state index is 0. The van der Waals surface area contributed by atoms with E-state index < -0.39 is 0 Å². The fourth-order valence-corrected chi connectivity index (χ4v) is 0.942. The van der Waals surface area contributed by atoms with Crippen molar-refractivity contribution in [2.75, 3.05) is 0 Å². The molecule has 2 nitrogen and oxygen atoms in total. The highest BCUT2D eigenvalue weighted by Crippen LogP contribution is 1.82. The Hall–Kier alpha value is -0.280. The van der Waals surface area contributed by atoms with E-state index in [1.54, 1.807) is 6.07 Å². The van der Waals surface area contributed by atoms with E-state index in [1.807, 2.05) is 17.2 Å². The summed E-state index contributed by atoms with van der Waals surface area (Å²) in [5.74, 6) is 0. The maximum Gasteiger partial charge on any atom is 0.125 e. The third-order valence-electron chi connectivity index (χ3n) is 0.678. The summed E-state index contributed by atoms with van der Waals surface area (Å²) in [5, 5.41) is 7.01. The highest BCUT2D eigenvalue weighted by atomic mass is 35.5. The van der Waals surface area contributed by atoms with Crippen LogP contribution >= 0.6 is 23.9 Å². The predicted molar refractivity (Wildman–Crippen MR) is 36.4 cm³/mol. The Morgan fingerprint density at radius 1 is 1.75 bits per heavy atom. The molecule has 0 radical (unpaired) electrons. The van der Waals surface area contributed by atoms with E-state index in [0.717, 1.165) is 0 Å². The van der Waals surface area contributed by atoms with E-state index in [2.05, 4.69) is 0 Å². The van der Waals surface area contributed by atoms with Crippen molar-refractivity contribution in [3.05, 3.63) is 16.9 Å². The van der Waals surface area contributed by atoms with Gasteiger partial charge in [-0.1, -0.05) is 0 Å². The molecule has 1 aromatic heterocycles. The first-order valence-electron chi connectivity index (χ1n) is 1.96. The largest absolute Gasteiger partial charge is 0.307 e. The Kier molecular flexibility index (Phi) is 2.79. The monoisotopic (exact) mass is 150 g/mol. The van der Waals surface area contributed by atoms with Crippen LogP contribution < -0.4 is 4.67 Å². The Morgan fingerprint density at radius 3 is 2.50 bits per heavy atom. The summed E-state index contributed by atoms with van der Waals surface area (Å²) in [6.07, 6.45) is 1.87. The summed E-state index contributed by atoms with van der Waals surface area (Å²) in [6, 6.07) is 1.77. The van der Waals surface area contributed by atoms with Crippen molar-refractivity contribution in [1.29, 1.82) is 5.41 Å². The molecule has 0 unspecified atom stereocenters. The van der Waals surface area contributed by atoms with Crippen LogP contribution in [0.1, 0.15) is 0 Å². The van der Waals surface area contributed by atoms with Crippen LogP contribution in [0.15, 0.2) is 12.3 Å². The molecular formula is C4H7ClN2S. The first-order chi connectivity index (χ1) is 3.29. The molecule has 1 aromatic rings. The van der Waals surface area contributed by atoms with E-state index in [9.17, 15) is 0 Å². The van der Waals surface area contributed by atoms with Crippen molar-refractivity contribution in [1.82, 2.24) is 3.96 Å². The number of hydrogen-bond acceptors (Lipinski definition) is 2. The van der Waals surface area contributed by atoms with Crippen LogP contribution in [0.5, 0.6) is 0 Å². The van der Waals surface area contributed by atoms with Gasteiger partial charge in [-0.2, -0.15) is 0 Å². The zero-order valence-electron chi connectivity index (χ0n) is 4.42. The lowest BCUT2D eigenvalue weighted by molar-refractivity contribution is 1.03. The second-order valence-corrected chi connectivity index (χ2v) is 2.52. The number of aromatic nitrogens is 1. The van der Waals surface area contributed by atoms with Crippen LogP contribution in [0.4, 0.5) is 0 Å². The van der Waals surface area contributed by atoms with Gasteiger partial charge in [0.15, 0.2) is 0 Å². The molecule has 0 aliphatic heterocycles. The summed E-state index contributed by atoms with van der Waals surface area (Å²) in [5.41, 5.74) is 0. The van der Waals surface area contributed by atoms with Crippen LogP contribution in [0.3, 0.4) is 0 Å². The second-order valence-electron chi connectivity index (χ2n) is 1.32. The zero-order chi connectivity index (χ0) is 5.28. The van der Waals surface area contributed by atoms with Gasteiger partial charge in [0, 0.05) is 13.2 Å². The highest BCUT2D eigenvalue weighted by Gasteiger charge is 1.77. The second kappa shape index (κ2) is 2.89. The molecule has 0 aliphatic carbocycles. The van der Waals surface area contributed by atoms with Gasteiger partial charge in [0.25, 0.3) is 0 Å². The average molecular weight is 151 g/mol. The van der Waals surface area contributed by atoms with Crippen molar-refractivity contribution < 1.29 is 0 Å². The van der Waals surface area contributed by atoms with Gasteiger partial charge in [-0.05, 0) is 17.6 Å². The SMILES string of the molecule is Cl.Cn1ccc(=N)s1. The van der Waals surface area contributed by atoms with Gasteiger partial charge in [-0.25, -0.2) is 0 Å². The lowest BCUT2D eigenvalue weighted by atomic mass is 10.7. The molecule has 0 amide bonds. The standard InChI is InChI=1S/C4H6N2S.ClH/c1-6-3-2-4(5)7-6;/h2-3,5H,1H3;1H. The van der Waals surface area contributed by atoms with E-state index in [4.69, 9.17) is 5.41 Å². The molecule has 8 heavy (non-hydrogen) atoms. The zero-order valence-corrected chi connectivity index (χ0v) is 6.05. The van der Waals surface area contributed by atoms with E-state index >= 15 is 0 Å². The third-order valence-corrected chi connectivity index (χ3v) is 1.42. The molecule has 0 aromatic carbocycles. The van der Waals surface area contributed by atoms with Gasteiger partial charge in [0.2, 0.25) is 0 Å². The van der Waals surface area contributed by atoms with Gasteiger partial charge < -0.3 is 3.96 Å². The van der Waals surface area contributed by atoms with Crippen LogP contribution in [-0.2, 0) is 7.05 Å². The minimum Gasteiger partial charge on any atom is -0.307 e. The first-order valence-corrected chi connectivity index (χ1v) is 2.74. The molecule has 1 rings (SSSR count). The normalized spacial score (nSPS) is 8.12. The molecule has 0 bridgehead atoms. The minimum atomic E-state index is 0. The summed E-state index contributed by atoms with van der Waals surface area (Å²) < 4.78 is 2.50. The average Bonchev–Trinajstić information content (AvgIpc) is 1.87. The van der Waals surface area contributed by atoms with Crippen molar-refractivity contribution >= 4 is 23.9 Å². The van der Waals surface area contributed by atoms with E-state index in [-0.39, 0.29) is 12.4 Å². The summed E-state index contributed by atoms with van der Waals surface area (Å²) >= 11 is 1.43. The number of rotatable bonds is 0. The molecule has 0 saturated carbocycles. The van der Waals surface area contributed by atoms with Crippen molar-refractivity contribution in [3.8, 4) is 0 Å². The van der Waals surface area contributed by atoms with Gasteiger partial charge in [0.05, 0.1) is 0 Å². The number of nitrogens with one attached hydrogen (secondary N) is 1. The molecule has 0 fully saturated rings. The lowest BCUT2D eigenvalue weighted by Crippen LogP contribution is -1.81. The molecule has 1 heterocycles. The van der Waals surface area contributed by atoms with E-state index in [0.29, 0.717) is 4.67 Å². The molecule has 1 N–H and O–H groups in total. The van der Waals surface area contributed by atoms with Crippen molar-refractivity contribution in [2.24, 2.45) is 7.05 Å². The molecule has 0 atom stereocenters. The lowest BCUT2D eigenvalue weighted by Gasteiger charge is -1.77. The Labute approximate surface area is 57.8 Å². The smallest absolute Gasteiger partial charge is 0.125 e. The predicted octanol–water partition coefficient (Wildman–Crippen LogP) is 0.988. The number of aryl methyl sites for hydroxylation is 1. The molecule has 46 valence electrons. The first kappa shape index (κ1) is 7.72. The fraction of sp³-hybridized carbons (Fsp3) is 0.250. The molecule has 0 saturated heterocycles. The molecule has 0 spiro atoms. The number of halogens is 1. The van der Waals surface area contributed by atoms with Gasteiger partial charge in [-0.15, -0.1) is 12.4 Å². The summed E-state index contributed by atoms with van der Waals surface area (Å²) in [4.78, 5) is 0. The Bertz CT molecular complexity index is 202. The van der Waals surface area contributed by atoms with Gasteiger partial charge in [-0.3, -0.25) is 5.41 Å². The molecule has 0 aliphatic rings. The van der Waals surface area contributed by atoms with Gasteiger partial charge >= 0.3 is 0 Å². The van der Waals surface area contributed by atoms with Crippen LogP contribution in [0, 0.1) is 5.41 Å². The van der Waals surface area contributed by atoms with Crippen LogP contribution in [-0.4, -0.2) is 3.96 Å².